The van der Waals surface area contributed by atoms with Crippen LogP contribution in [0.2, 0.25) is 0 Å². The van der Waals surface area contributed by atoms with Crippen molar-refractivity contribution in [1.29, 1.82) is 0 Å². The van der Waals surface area contributed by atoms with Crippen LogP contribution in [0.15, 0.2) is 34.7 Å². The number of benzene rings is 1. The van der Waals surface area contributed by atoms with Crippen LogP contribution in [0, 0.1) is 5.92 Å². The van der Waals surface area contributed by atoms with Crippen molar-refractivity contribution in [3.8, 4) is 0 Å². The Morgan fingerprint density at radius 2 is 1.71 bits per heavy atom. The van der Waals surface area contributed by atoms with Gasteiger partial charge in [-0.2, -0.15) is 0 Å². The summed E-state index contributed by atoms with van der Waals surface area (Å²) < 4.78 is 22.9. The molecule has 1 aromatic carbocycles. The Morgan fingerprint density at radius 3 is 2.36 bits per heavy atom. The molecule has 1 aliphatic carbocycles. The third-order valence-corrected chi connectivity index (χ3v) is 7.15. The van der Waals surface area contributed by atoms with Gasteiger partial charge in [-0.1, -0.05) is 36.3 Å². The highest BCUT2D eigenvalue weighted by atomic mass is 32.2. The Hall–Kier alpha value is -2.59. The molecule has 2 amide bonds. The molecule has 148 valence electrons. The van der Waals surface area contributed by atoms with E-state index in [0.717, 1.165) is 49.5 Å². The van der Waals surface area contributed by atoms with Gasteiger partial charge in [0.05, 0.1) is 11.9 Å². The summed E-state index contributed by atoms with van der Waals surface area (Å²) in [5, 5.41) is 4.72. The molecule has 0 saturated heterocycles. The van der Waals surface area contributed by atoms with Crippen LogP contribution in [-0.4, -0.2) is 37.3 Å². The molecule has 0 spiro atoms. The zero-order valence-electron chi connectivity index (χ0n) is 15.1. The first kappa shape index (κ1) is 20.2. The van der Waals surface area contributed by atoms with E-state index in [1.165, 1.54) is 0 Å². The molecule has 0 bridgehead atoms. The number of carbonyl (C=O) groups excluding carboxylic acids is 3. The number of amides is 2. The van der Waals surface area contributed by atoms with Gasteiger partial charge in [0.2, 0.25) is 0 Å². The lowest BCUT2D eigenvalue weighted by Gasteiger charge is -2.13. The maximum absolute atomic E-state index is 12.7. The summed E-state index contributed by atoms with van der Waals surface area (Å²) in [5.41, 5.74) is 0.652. The van der Waals surface area contributed by atoms with Gasteiger partial charge in [0.15, 0.2) is 20.8 Å². The number of aromatic nitrogens is 1. The van der Waals surface area contributed by atoms with E-state index in [1.807, 2.05) is 0 Å². The van der Waals surface area contributed by atoms with Crippen LogP contribution >= 0.6 is 11.3 Å². The van der Waals surface area contributed by atoms with Crippen LogP contribution in [0.5, 0.6) is 0 Å². The molecule has 1 fully saturated rings. The molecule has 8 nitrogen and oxygen atoms in total. The number of nitrogens with one attached hydrogen (secondary N) is 2. The summed E-state index contributed by atoms with van der Waals surface area (Å²) in [4.78, 5) is 40.8. The summed E-state index contributed by atoms with van der Waals surface area (Å²) in [6, 6.07) is 6.57. The monoisotopic (exact) mass is 421 g/mol. The quantitative estimate of drug-likeness (QED) is 0.565. The number of hydrogen-bond donors (Lipinski definition) is 2. The van der Waals surface area contributed by atoms with E-state index in [4.69, 9.17) is 0 Å². The van der Waals surface area contributed by atoms with Gasteiger partial charge in [-0.05, 0) is 25.0 Å². The normalized spacial score (nSPS) is 14.6. The van der Waals surface area contributed by atoms with Gasteiger partial charge in [0.1, 0.15) is 4.21 Å². The molecular formula is C18H19N3O5S2. The smallest absolute Gasteiger partial charge is 0.315 e. The number of carbonyl (C=O) groups is 3. The highest BCUT2D eigenvalue weighted by Gasteiger charge is 2.26. The van der Waals surface area contributed by atoms with Crippen molar-refractivity contribution in [2.75, 3.05) is 16.9 Å². The molecule has 0 atom stereocenters. The Kier molecular flexibility index (Phi) is 5.90. The molecule has 2 aromatic rings. The van der Waals surface area contributed by atoms with Crippen molar-refractivity contribution in [2.24, 2.45) is 5.92 Å². The van der Waals surface area contributed by atoms with Gasteiger partial charge < -0.3 is 5.32 Å². The highest BCUT2D eigenvalue weighted by molar-refractivity contribution is 7.92. The van der Waals surface area contributed by atoms with E-state index in [2.05, 4.69) is 15.6 Å². The second-order valence-corrected chi connectivity index (χ2v) is 9.83. The molecule has 28 heavy (non-hydrogen) atoms. The minimum absolute atomic E-state index is 0.00380. The maximum atomic E-state index is 12.7. The molecule has 1 saturated carbocycles. The minimum atomic E-state index is -3.44. The van der Waals surface area contributed by atoms with Crippen molar-refractivity contribution < 1.29 is 22.8 Å². The fourth-order valence-electron chi connectivity index (χ4n) is 3.04. The number of thiazole rings is 1. The standard InChI is InChI=1S/C18H19N3O5S2/c1-28(25,26)14-10-19-18(27-14)21-17(24)16(23)20-13-9-5-4-8-12(13)15(22)11-6-2-3-7-11/h4-5,8-11H,2-3,6-7H2,1H3,(H,20,23)(H,19,21,24). The Labute approximate surface area is 166 Å². The lowest BCUT2D eigenvalue weighted by Crippen LogP contribution is -2.30. The third kappa shape index (κ3) is 4.63. The van der Waals surface area contributed by atoms with Gasteiger partial charge in [-0.25, -0.2) is 13.4 Å². The lowest BCUT2D eigenvalue weighted by atomic mass is 9.95. The Morgan fingerprint density at radius 1 is 1.07 bits per heavy atom. The first-order valence-electron chi connectivity index (χ1n) is 8.67. The number of Topliss-reactive ketones (excluding diaryl/α,β-unsaturated/α-hetero) is 1. The average Bonchev–Trinajstić information content (AvgIpc) is 3.33. The number of para-hydroxylation sites is 1. The first-order valence-corrected chi connectivity index (χ1v) is 11.4. The molecule has 0 aliphatic heterocycles. The second kappa shape index (κ2) is 8.19. The van der Waals surface area contributed by atoms with Crippen molar-refractivity contribution in [2.45, 2.75) is 29.9 Å². The summed E-state index contributed by atoms with van der Waals surface area (Å²) in [5.74, 6) is -2.07. The van der Waals surface area contributed by atoms with E-state index in [9.17, 15) is 22.8 Å². The summed E-state index contributed by atoms with van der Waals surface area (Å²) in [6.45, 7) is 0. The Bertz CT molecular complexity index is 1020. The van der Waals surface area contributed by atoms with Crippen LogP contribution in [0.25, 0.3) is 0 Å². The molecule has 0 unspecified atom stereocenters. The SMILES string of the molecule is CS(=O)(=O)c1cnc(NC(=O)C(=O)Nc2ccccc2C(=O)C2CCCC2)s1. The average molecular weight is 422 g/mol. The number of anilines is 2. The van der Waals surface area contributed by atoms with Crippen molar-refractivity contribution >= 4 is 49.6 Å². The molecule has 0 radical (unpaired) electrons. The predicted octanol–water partition coefficient (Wildman–Crippen LogP) is 2.50. The fraction of sp³-hybridized carbons (Fsp3) is 0.333. The number of ketones is 1. The van der Waals surface area contributed by atoms with E-state index >= 15 is 0 Å². The summed E-state index contributed by atoms with van der Waals surface area (Å²) in [7, 11) is -3.44. The zero-order valence-corrected chi connectivity index (χ0v) is 16.7. The molecule has 1 heterocycles. The van der Waals surface area contributed by atoms with Crippen molar-refractivity contribution in [3.63, 3.8) is 0 Å². The molecule has 10 heteroatoms. The van der Waals surface area contributed by atoms with E-state index < -0.39 is 21.7 Å². The number of hydrogen-bond acceptors (Lipinski definition) is 7. The summed E-state index contributed by atoms with van der Waals surface area (Å²) >= 11 is 0.752. The van der Waals surface area contributed by atoms with Crippen molar-refractivity contribution in [1.82, 2.24) is 4.98 Å². The third-order valence-electron chi connectivity index (χ3n) is 4.44. The van der Waals surface area contributed by atoms with Gasteiger partial charge in [0, 0.05) is 17.7 Å². The van der Waals surface area contributed by atoms with Gasteiger partial charge in [-0.3, -0.25) is 19.7 Å². The van der Waals surface area contributed by atoms with Crippen LogP contribution in [-0.2, 0) is 19.4 Å². The van der Waals surface area contributed by atoms with Gasteiger partial charge in [0.25, 0.3) is 0 Å². The molecule has 3 rings (SSSR count). The van der Waals surface area contributed by atoms with E-state index in [0.29, 0.717) is 5.56 Å². The molecule has 1 aliphatic rings. The van der Waals surface area contributed by atoms with E-state index in [1.54, 1.807) is 24.3 Å². The van der Waals surface area contributed by atoms with E-state index in [-0.39, 0.29) is 26.7 Å². The van der Waals surface area contributed by atoms with Crippen LogP contribution in [0.4, 0.5) is 10.8 Å². The fourth-order valence-corrected chi connectivity index (χ4v) is 4.67. The topological polar surface area (TPSA) is 122 Å². The van der Waals surface area contributed by atoms with Crippen LogP contribution in [0.3, 0.4) is 0 Å². The molecule has 2 N–H and O–H groups in total. The predicted molar refractivity (Wildman–Crippen MR) is 105 cm³/mol. The first-order chi connectivity index (χ1) is 13.3. The molecule has 1 aromatic heterocycles. The Balaban J connectivity index is 1.70. The largest absolute Gasteiger partial charge is 0.317 e. The second-order valence-electron chi connectivity index (χ2n) is 6.56. The number of nitrogens with zero attached hydrogens (tertiary/aromatic N) is 1. The minimum Gasteiger partial charge on any atom is -0.317 e. The number of rotatable bonds is 5. The lowest BCUT2D eigenvalue weighted by molar-refractivity contribution is -0.133. The maximum Gasteiger partial charge on any atom is 0.315 e. The highest BCUT2D eigenvalue weighted by Crippen LogP contribution is 2.30. The summed E-state index contributed by atoms with van der Waals surface area (Å²) in [6.07, 6.45) is 5.82. The van der Waals surface area contributed by atoms with Crippen molar-refractivity contribution in [3.05, 3.63) is 36.0 Å². The zero-order chi connectivity index (χ0) is 20.3. The molecular weight excluding hydrogens is 402 g/mol. The van der Waals surface area contributed by atoms with Gasteiger partial charge >= 0.3 is 11.8 Å². The van der Waals surface area contributed by atoms with Crippen LogP contribution in [0.1, 0.15) is 36.0 Å². The van der Waals surface area contributed by atoms with Gasteiger partial charge in [-0.15, -0.1) is 0 Å². The van der Waals surface area contributed by atoms with Crippen LogP contribution < -0.4 is 10.6 Å². The number of sulfone groups is 1.